The fourth-order valence-corrected chi connectivity index (χ4v) is 6.35. The zero-order chi connectivity index (χ0) is 27.4. The summed E-state index contributed by atoms with van der Waals surface area (Å²) in [7, 11) is 0. The van der Waals surface area contributed by atoms with Gasteiger partial charge in [-0.3, -0.25) is 9.48 Å². The molecule has 3 aromatic heterocycles. The molecule has 0 bridgehead atoms. The fourth-order valence-electron chi connectivity index (χ4n) is 6.35. The number of hydrogen-bond donors (Lipinski definition) is 1. The molecule has 0 atom stereocenters. The first-order chi connectivity index (χ1) is 19.5. The largest absolute Gasteiger partial charge is 0.476 e. The van der Waals surface area contributed by atoms with Gasteiger partial charge in [-0.2, -0.15) is 10.2 Å². The molecule has 40 heavy (non-hydrogen) atoms. The van der Waals surface area contributed by atoms with E-state index in [1.165, 1.54) is 33.0 Å². The average molecular weight is 542 g/mol. The number of hydrogen-bond acceptors (Lipinski definition) is 7. The van der Waals surface area contributed by atoms with Crippen LogP contribution < -0.4 is 4.90 Å². The zero-order valence-electron chi connectivity index (χ0n) is 22.4. The number of ether oxygens (including phenoxy) is 1. The van der Waals surface area contributed by atoms with E-state index in [-0.39, 0.29) is 11.6 Å². The molecule has 0 aliphatic carbocycles. The third-order valence-electron chi connectivity index (χ3n) is 8.47. The lowest BCUT2D eigenvalue weighted by atomic mass is 9.90. The first-order valence-corrected chi connectivity index (χ1v) is 13.8. The van der Waals surface area contributed by atoms with Crippen molar-refractivity contribution < 1.29 is 19.4 Å². The Labute approximate surface area is 231 Å². The monoisotopic (exact) mass is 541 g/mol. The number of benzene rings is 1. The number of carbonyl (C=O) groups excluding carboxylic acids is 1. The standard InChI is InChI=1S/C29H31N7O4/c1-18(37)33-10-6-26-24(17-33)28(32-36(26)20-7-11-40-12-8-20)23-4-2-3-19-15-34(9-5-22(19)23)21-14-30-27-13-25(29(38)39)31-35(27)16-21/h2-4,13-14,16,20H,5-12,15,17H2,1H3,(H,38,39). The molecule has 11 nitrogen and oxygen atoms in total. The van der Waals surface area contributed by atoms with Crippen molar-refractivity contribution in [1.82, 2.24) is 29.3 Å². The number of carboxylic acid groups (broad SMARTS) is 1. The van der Waals surface area contributed by atoms with Crippen molar-refractivity contribution in [3.05, 3.63) is 64.7 Å². The van der Waals surface area contributed by atoms with Crippen LogP contribution in [0.3, 0.4) is 0 Å². The topological polar surface area (TPSA) is 118 Å². The van der Waals surface area contributed by atoms with Gasteiger partial charge in [0.2, 0.25) is 5.91 Å². The minimum absolute atomic E-state index is 0.0230. The Morgan fingerprint density at radius 3 is 2.70 bits per heavy atom. The van der Waals surface area contributed by atoms with Crippen LogP contribution in [-0.2, 0) is 35.5 Å². The Morgan fingerprint density at radius 1 is 1.05 bits per heavy atom. The second-order valence-corrected chi connectivity index (χ2v) is 10.8. The summed E-state index contributed by atoms with van der Waals surface area (Å²) in [6, 6.07) is 8.22. The molecule has 0 saturated carbocycles. The Morgan fingerprint density at radius 2 is 1.90 bits per heavy atom. The van der Waals surface area contributed by atoms with E-state index in [1.807, 2.05) is 11.1 Å². The molecule has 1 saturated heterocycles. The highest BCUT2D eigenvalue weighted by atomic mass is 16.5. The first kappa shape index (κ1) is 24.8. The second-order valence-electron chi connectivity index (χ2n) is 10.8. The molecule has 11 heteroatoms. The number of carboxylic acids is 1. The van der Waals surface area contributed by atoms with Crippen LogP contribution in [0.15, 0.2) is 36.7 Å². The highest BCUT2D eigenvalue weighted by Gasteiger charge is 2.32. The predicted molar refractivity (Wildman–Crippen MR) is 146 cm³/mol. The van der Waals surface area contributed by atoms with Crippen LogP contribution in [0.25, 0.3) is 16.9 Å². The number of anilines is 1. The number of fused-ring (bicyclic) bond motifs is 3. The Kier molecular flexibility index (Phi) is 6.03. The van der Waals surface area contributed by atoms with Gasteiger partial charge in [-0.05, 0) is 30.4 Å². The van der Waals surface area contributed by atoms with Gasteiger partial charge >= 0.3 is 5.97 Å². The van der Waals surface area contributed by atoms with Gasteiger partial charge in [-0.1, -0.05) is 18.2 Å². The number of carbonyl (C=O) groups is 2. The molecule has 3 aliphatic heterocycles. The molecule has 1 fully saturated rings. The number of aromatic carboxylic acids is 1. The maximum atomic E-state index is 12.3. The van der Waals surface area contributed by atoms with Crippen LogP contribution >= 0.6 is 0 Å². The summed E-state index contributed by atoms with van der Waals surface area (Å²) in [6.45, 7) is 5.94. The van der Waals surface area contributed by atoms with Gasteiger partial charge in [0.25, 0.3) is 0 Å². The number of amides is 1. The van der Waals surface area contributed by atoms with Crippen LogP contribution in [0, 0.1) is 0 Å². The molecule has 3 aliphatic rings. The molecule has 0 unspecified atom stereocenters. The molecule has 6 heterocycles. The molecule has 4 aromatic rings. The van der Waals surface area contributed by atoms with E-state index >= 15 is 0 Å². The minimum Gasteiger partial charge on any atom is -0.476 e. The zero-order valence-corrected chi connectivity index (χ0v) is 22.4. The first-order valence-electron chi connectivity index (χ1n) is 13.8. The maximum absolute atomic E-state index is 12.3. The molecule has 1 amide bonds. The summed E-state index contributed by atoms with van der Waals surface area (Å²) in [4.78, 5) is 32.3. The van der Waals surface area contributed by atoms with Gasteiger partial charge in [0, 0.05) is 75.6 Å². The predicted octanol–water partition coefficient (Wildman–Crippen LogP) is 3.11. The molecule has 1 aromatic carbocycles. The van der Waals surface area contributed by atoms with E-state index in [4.69, 9.17) is 9.84 Å². The highest BCUT2D eigenvalue weighted by Crippen LogP contribution is 2.38. The summed E-state index contributed by atoms with van der Waals surface area (Å²) in [6.07, 6.45) is 7.17. The van der Waals surface area contributed by atoms with Crippen LogP contribution in [0.1, 0.15) is 58.7 Å². The van der Waals surface area contributed by atoms with Gasteiger partial charge in [0.1, 0.15) is 0 Å². The number of rotatable bonds is 4. The van der Waals surface area contributed by atoms with Gasteiger partial charge < -0.3 is 19.6 Å². The molecule has 0 radical (unpaired) electrons. The van der Waals surface area contributed by atoms with Crippen molar-refractivity contribution in [2.24, 2.45) is 0 Å². The van der Waals surface area contributed by atoms with Gasteiger partial charge in [0.15, 0.2) is 11.3 Å². The van der Waals surface area contributed by atoms with E-state index < -0.39 is 5.97 Å². The molecule has 1 N–H and O–H groups in total. The molecule has 206 valence electrons. The van der Waals surface area contributed by atoms with Crippen molar-refractivity contribution in [2.75, 3.05) is 31.2 Å². The van der Waals surface area contributed by atoms with Gasteiger partial charge in [-0.25, -0.2) is 14.3 Å². The molecular formula is C29H31N7O4. The third kappa shape index (κ3) is 4.21. The van der Waals surface area contributed by atoms with Crippen molar-refractivity contribution in [2.45, 2.75) is 51.7 Å². The molecule has 7 rings (SSSR count). The Balaban J connectivity index is 1.24. The highest BCUT2D eigenvalue weighted by molar-refractivity contribution is 5.86. The van der Waals surface area contributed by atoms with E-state index in [9.17, 15) is 14.7 Å². The van der Waals surface area contributed by atoms with Crippen LogP contribution in [0.5, 0.6) is 0 Å². The maximum Gasteiger partial charge on any atom is 0.356 e. The van der Waals surface area contributed by atoms with Crippen molar-refractivity contribution in [3.8, 4) is 11.3 Å². The van der Waals surface area contributed by atoms with E-state index in [0.29, 0.717) is 24.8 Å². The number of aromatic nitrogens is 5. The minimum atomic E-state index is -1.07. The average Bonchev–Trinajstić information content (AvgIpc) is 3.58. The Hall–Kier alpha value is -4.25. The lowest BCUT2D eigenvalue weighted by molar-refractivity contribution is -0.129. The third-order valence-corrected chi connectivity index (χ3v) is 8.47. The van der Waals surface area contributed by atoms with E-state index in [0.717, 1.165) is 68.9 Å². The van der Waals surface area contributed by atoms with Gasteiger partial charge in [0.05, 0.1) is 29.8 Å². The van der Waals surface area contributed by atoms with Crippen LogP contribution in [0.2, 0.25) is 0 Å². The van der Waals surface area contributed by atoms with Crippen molar-refractivity contribution in [1.29, 1.82) is 0 Å². The Bertz CT molecular complexity index is 1630. The molecular weight excluding hydrogens is 510 g/mol. The lowest BCUT2D eigenvalue weighted by Crippen LogP contribution is -2.35. The van der Waals surface area contributed by atoms with Crippen LogP contribution in [-0.4, -0.2) is 72.6 Å². The summed E-state index contributed by atoms with van der Waals surface area (Å²) >= 11 is 0. The quantitative estimate of drug-likeness (QED) is 0.419. The summed E-state index contributed by atoms with van der Waals surface area (Å²) in [5.74, 6) is -0.973. The second kappa shape index (κ2) is 9.74. The summed E-state index contributed by atoms with van der Waals surface area (Å²) < 4.78 is 9.40. The summed E-state index contributed by atoms with van der Waals surface area (Å²) in [5.41, 5.74) is 8.47. The normalized spacial score (nSPS) is 17.6. The van der Waals surface area contributed by atoms with E-state index in [1.54, 1.807) is 13.1 Å². The van der Waals surface area contributed by atoms with Gasteiger partial charge in [-0.15, -0.1) is 0 Å². The van der Waals surface area contributed by atoms with E-state index in [2.05, 4.69) is 37.9 Å². The van der Waals surface area contributed by atoms with Crippen molar-refractivity contribution >= 4 is 23.2 Å². The molecule has 0 spiro atoms. The SMILES string of the molecule is CC(=O)N1CCc2c(c(-c3cccc4c3CCN(c3cnc5cc(C(=O)O)nn5c3)C4)nn2C2CCOCC2)C1. The van der Waals surface area contributed by atoms with Crippen LogP contribution in [0.4, 0.5) is 5.69 Å². The smallest absolute Gasteiger partial charge is 0.356 e. The van der Waals surface area contributed by atoms with Crippen molar-refractivity contribution in [3.63, 3.8) is 0 Å². The summed E-state index contributed by atoms with van der Waals surface area (Å²) in [5, 5.41) is 18.7. The fraction of sp³-hybridized carbons (Fsp3) is 0.414. The lowest BCUT2D eigenvalue weighted by Gasteiger charge is -2.32. The number of nitrogens with zero attached hydrogens (tertiary/aromatic N) is 7.